The Morgan fingerprint density at radius 1 is 0.938 bits per heavy atom. The lowest BCUT2D eigenvalue weighted by Gasteiger charge is -2.36. The minimum absolute atomic E-state index is 0.241. The highest BCUT2D eigenvalue weighted by molar-refractivity contribution is 8.18. The molecule has 1 aromatic heterocycles. The van der Waals surface area contributed by atoms with Gasteiger partial charge in [0.1, 0.15) is 11.5 Å². The zero-order valence-electron chi connectivity index (χ0n) is 17.0. The maximum atomic E-state index is 12.5. The molecule has 0 radical (unpaired) electrons. The topological polar surface area (TPSA) is 49.1 Å². The molecule has 1 fully saturated rings. The molecule has 2 aliphatic rings. The van der Waals surface area contributed by atoms with E-state index in [1.807, 2.05) is 18.2 Å². The fourth-order valence-electron chi connectivity index (χ4n) is 3.72. The summed E-state index contributed by atoms with van der Waals surface area (Å²) in [5, 5.41) is 1.88. The third-order valence-electron chi connectivity index (χ3n) is 5.37. The van der Waals surface area contributed by atoms with E-state index in [0.717, 1.165) is 31.3 Å². The van der Waals surface area contributed by atoms with Gasteiger partial charge in [-0.25, -0.2) is 0 Å². The average molecular weight is 484 g/mol. The van der Waals surface area contributed by atoms with Crippen molar-refractivity contribution in [3.63, 3.8) is 0 Å². The molecule has 0 N–H and O–H groups in total. The van der Waals surface area contributed by atoms with Crippen molar-refractivity contribution in [3.8, 4) is 11.3 Å². The maximum Gasteiger partial charge on any atom is 0.286 e. The number of hydrogen-bond acceptors (Lipinski definition) is 5. The Kier molecular flexibility index (Phi) is 6.00. The third-order valence-corrected chi connectivity index (χ3v) is 6.98. The summed E-state index contributed by atoms with van der Waals surface area (Å²) in [6.07, 6.45) is 1.73. The predicted molar refractivity (Wildman–Crippen MR) is 132 cm³/mol. The van der Waals surface area contributed by atoms with Crippen molar-refractivity contribution < 1.29 is 9.21 Å². The van der Waals surface area contributed by atoms with E-state index in [4.69, 9.17) is 27.6 Å². The van der Waals surface area contributed by atoms with E-state index in [1.54, 1.807) is 24.3 Å². The first-order chi connectivity index (χ1) is 15.6. The summed E-state index contributed by atoms with van der Waals surface area (Å²) in [6.45, 7) is 3.41. The quantitative estimate of drug-likeness (QED) is 0.424. The van der Waals surface area contributed by atoms with E-state index in [9.17, 15) is 4.79 Å². The van der Waals surface area contributed by atoms with Crippen LogP contribution in [0.25, 0.3) is 17.4 Å². The van der Waals surface area contributed by atoms with Crippen molar-refractivity contribution >= 4 is 57.8 Å². The van der Waals surface area contributed by atoms with Crippen LogP contribution >= 0.6 is 35.0 Å². The summed E-state index contributed by atoms with van der Waals surface area (Å²) in [6, 6.07) is 19.2. The number of aliphatic imine (C=N–C) groups is 1. The molecule has 0 spiro atoms. The molecule has 1 saturated heterocycles. The van der Waals surface area contributed by atoms with Gasteiger partial charge in [0.25, 0.3) is 5.91 Å². The summed E-state index contributed by atoms with van der Waals surface area (Å²) < 4.78 is 5.90. The summed E-state index contributed by atoms with van der Waals surface area (Å²) in [5.41, 5.74) is 1.93. The molecular weight excluding hydrogens is 465 g/mol. The molecular formula is C24H19Cl2N3O2S. The van der Waals surface area contributed by atoms with Crippen molar-refractivity contribution in [1.82, 2.24) is 4.90 Å². The second-order valence-electron chi connectivity index (χ2n) is 7.45. The zero-order chi connectivity index (χ0) is 22.1. The standard InChI is InChI=1S/C24H19Cl2N3O2S/c25-16-6-8-20(26)19(14-16)21-9-7-18(31-21)15-22-23(30)27-24(32-22)29-12-10-28(11-13-29)17-4-2-1-3-5-17/h1-9,14-15H,10-13H2/b22-15-. The van der Waals surface area contributed by atoms with Crippen LogP contribution in [-0.4, -0.2) is 42.2 Å². The van der Waals surface area contributed by atoms with Gasteiger partial charge in [-0.1, -0.05) is 41.4 Å². The van der Waals surface area contributed by atoms with E-state index in [1.165, 1.54) is 17.4 Å². The number of amidine groups is 1. The van der Waals surface area contributed by atoms with Gasteiger partial charge >= 0.3 is 0 Å². The molecule has 2 aromatic carbocycles. The lowest BCUT2D eigenvalue weighted by Crippen LogP contribution is -2.47. The molecule has 0 saturated carbocycles. The Bertz CT molecular complexity index is 1210. The molecule has 5 nitrogen and oxygen atoms in total. The number of thioether (sulfide) groups is 1. The van der Waals surface area contributed by atoms with Crippen LogP contribution < -0.4 is 4.90 Å². The number of amides is 1. The second kappa shape index (κ2) is 9.06. The number of benzene rings is 2. The van der Waals surface area contributed by atoms with Crippen LogP contribution in [0.2, 0.25) is 10.0 Å². The fourth-order valence-corrected chi connectivity index (χ4v) is 5.05. The lowest BCUT2D eigenvalue weighted by atomic mass is 10.2. The summed E-state index contributed by atoms with van der Waals surface area (Å²) in [4.78, 5) is 21.8. The fraction of sp³-hybridized carbons (Fsp3) is 0.167. The molecule has 32 heavy (non-hydrogen) atoms. The highest BCUT2D eigenvalue weighted by atomic mass is 35.5. The molecule has 5 rings (SSSR count). The van der Waals surface area contributed by atoms with Crippen LogP contribution in [-0.2, 0) is 4.79 Å². The number of carbonyl (C=O) groups is 1. The minimum atomic E-state index is -0.241. The van der Waals surface area contributed by atoms with E-state index < -0.39 is 0 Å². The lowest BCUT2D eigenvalue weighted by molar-refractivity contribution is -0.113. The predicted octanol–water partition coefficient (Wildman–Crippen LogP) is 6.05. The van der Waals surface area contributed by atoms with Gasteiger partial charge in [-0.2, -0.15) is 4.99 Å². The molecule has 3 heterocycles. The number of anilines is 1. The second-order valence-corrected chi connectivity index (χ2v) is 9.30. The number of hydrogen-bond donors (Lipinski definition) is 0. The molecule has 2 aliphatic heterocycles. The average Bonchev–Trinajstić information content (AvgIpc) is 3.43. The first kappa shape index (κ1) is 21.2. The van der Waals surface area contributed by atoms with Gasteiger partial charge in [-0.05, 0) is 54.2 Å². The van der Waals surface area contributed by atoms with Gasteiger partial charge in [-0.3, -0.25) is 4.79 Å². The highest BCUT2D eigenvalue weighted by Crippen LogP contribution is 2.35. The number of rotatable bonds is 3. The van der Waals surface area contributed by atoms with Gasteiger partial charge in [0.15, 0.2) is 5.17 Å². The van der Waals surface area contributed by atoms with Crippen LogP contribution in [0.4, 0.5) is 5.69 Å². The van der Waals surface area contributed by atoms with Gasteiger partial charge in [0.2, 0.25) is 0 Å². The largest absolute Gasteiger partial charge is 0.457 e. The Morgan fingerprint density at radius 3 is 2.47 bits per heavy atom. The van der Waals surface area contributed by atoms with Crippen LogP contribution in [0.1, 0.15) is 5.76 Å². The van der Waals surface area contributed by atoms with E-state index in [2.05, 4.69) is 39.1 Å². The Balaban J connectivity index is 1.26. The van der Waals surface area contributed by atoms with Crippen molar-refractivity contribution in [2.75, 3.05) is 31.1 Å². The van der Waals surface area contributed by atoms with Gasteiger partial charge < -0.3 is 14.2 Å². The number of nitrogens with zero attached hydrogens (tertiary/aromatic N) is 3. The number of para-hydroxylation sites is 1. The monoisotopic (exact) mass is 483 g/mol. The Morgan fingerprint density at radius 2 is 1.69 bits per heavy atom. The summed E-state index contributed by atoms with van der Waals surface area (Å²) in [7, 11) is 0. The summed E-state index contributed by atoms with van der Waals surface area (Å²) in [5.74, 6) is 0.921. The molecule has 0 atom stereocenters. The van der Waals surface area contributed by atoms with Gasteiger partial charge in [0, 0.05) is 48.5 Å². The maximum absolute atomic E-state index is 12.5. The first-order valence-electron chi connectivity index (χ1n) is 10.2. The Hall–Kier alpha value is -2.67. The molecule has 0 bridgehead atoms. The van der Waals surface area contributed by atoms with Crippen LogP contribution in [0.5, 0.6) is 0 Å². The van der Waals surface area contributed by atoms with Crippen LogP contribution in [0.3, 0.4) is 0 Å². The molecule has 0 unspecified atom stereocenters. The molecule has 8 heteroatoms. The summed E-state index contributed by atoms with van der Waals surface area (Å²) >= 11 is 13.7. The van der Waals surface area contributed by atoms with Crippen LogP contribution in [0, 0.1) is 0 Å². The van der Waals surface area contributed by atoms with Crippen molar-refractivity contribution in [3.05, 3.63) is 81.4 Å². The number of carbonyl (C=O) groups excluding carboxylic acids is 1. The highest BCUT2D eigenvalue weighted by Gasteiger charge is 2.29. The number of halogens is 2. The molecule has 1 amide bonds. The molecule has 0 aliphatic carbocycles. The van der Waals surface area contributed by atoms with Gasteiger partial charge in [-0.15, -0.1) is 0 Å². The Labute approximate surface area is 200 Å². The van der Waals surface area contributed by atoms with E-state index in [0.29, 0.717) is 32.0 Å². The number of piperazine rings is 1. The third kappa shape index (κ3) is 4.44. The van der Waals surface area contributed by atoms with Crippen molar-refractivity contribution in [2.45, 2.75) is 0 Å². The number of furan rings is 1. The minimum Gasteiger partial charge on any atom is -0.457 e. The normalized spacial score (nSPS) is 17.9. The molecule has 162 valence electrons. The van der Waals surface area contributed by atoms with E-state index in [-0.39, 0.29) is 5.91 Å². The van der Waals surface area contributed by atoms with E-state index >= 15 is 0 Å². The first-order valence-corrected chi connectivity index (χ1v) is 11.8. The zero-order valence-corrected chi connectivity index (χ0v) is 19.3. The van der Waals surface area contributed by atoms with Crippen molar-refractivity contribution in [1.29, 1.82) is 0 Å². The molecule has 3 aromatic rings. The van der Waals surface area contributed by atoms with Crippen molar-refractivity contribution in [2.24, 2.45) is 4.99 Å². The van der Waals surface area contributed by atoms with Crippen LogP contribution in [0.15, 0.2) is 75.0 Å². The van der Waals surface area contributed by atoms with Gasteiger partial charge in [0.05, 0.1) is 9.93 Å². The smallest absolute Gasteiger partial charge is 0.286 e. The SMILES string of the molecule is O=C1N=C(N2CCN(c3ccccc3)CC2)S/C1=C\c1ccc(-c2cc(Cl)ccc2Cl)o1.